The van der Waals surface area contributed by atoms with Crippen LogP contribution in [-0.4, -0.2) is 11.1 Å². The van der Waals surface area contributed by atoms with Crippen LogP contribution in [-0.2, 0) is 4.79 Å². The van der Waals surface area contributed by atoms with Crippen LogP contribution in [0, 0.1) is 5.41 Å². The predicted octanol–water partition coefficient (Wildman–Crippen LogP) is 6.19. The summed E-state index contributed by atoms with van der Waals surface area (Å²) in [5.74, 6) is -0.564. The summed E-state index contributed by atoms with van der Waals surface area (Å²) in [5, 5.41) is 9.63. The summed E-state index contributed by atoms with van der Waals surface area (Å²) < 4.78 is 0. The maximum atomic E-state index is 11.7. The average Bonchev–Trinajstić information content (AvgIpc) is 2.44. The molecule has 2 heteroatoms. The summed E-state index contributed by atoms with van der Waals surface area (Å²) >= 11 is 0. The van der Waals surface area contributed by atoms with E-state index in [4.69, 9.17) is 0 Å². The van der Waals surface area contributed by atoms with Gasteiger partial charge in [0.1, 0.15) is 0 Å². The van der Waals surface area contributed by atoms with E-state index in [9.17, 15) is 9.90 Å². The summed E-state index contributed by atoms with van der Waals surface area (Å²) in [6, 6.07) is 0. The van der Waals surface area contributed by atoms with Crippen LogP contribution in [0.3, 0.4) is 0 Å². The normalized spacial score (nSPS) is 11.8. The Morgan fingerprint density at radius 2 is 1.15 bits per heavy atom. The Hall–Kier alpha value is -0.530. The summed E-state index contributed by atoms with van der Waals surface area (Å²) in [4.78, 5) is 11.7. The van der Waals surface area contributed by atoms with E-state index in [0.29, 0.717) is 0 Å². The van der Waals surface area contributed by atoms with Gasteiger partial charge in [0.2, 0.25) is 0 Å². The van der Waals surface area contributed by atoms with E-state index in [0.717, 1.165) is 32.1 Å². The van der Waals surface area contributed by atoms with E-state index in [2.05, 4.69) is 13.8 Å². The molecule has 0 aliphatic carbocycles. The zero-order chi connectivity index (χ0) is 15.3. The average molecular weight is 284 g/mol. The van der Waals surface area contributed by atoms with Gasteiger partial charge in [-0.25, -0.2) is 0 Å². The third-order valence-electron chi connectivity index (χ3n) is 4.65. The molecular weight excluding hydrogens is 248 g/mol. The molecule has 0 saturated carbocycles. The molecular formula is C18H36O2. The first-order chi connectivity index (χ1) is 9.63. The largest absolute Gasteiger partial charge is 0.481 e. The molecule has 0 aromatic heterocycles. The van der Waals surface area contributed by atoms with Gasteiger partial charge in [0, 0.05) is 0 Å². The first-order valence-corrected chi connectivity index (χ1v) is 8.86. The number of carbonyl (C=O) groups is 1. The second-order valence-corrected chi connectivity index (χ2v) is 6.27. The highest BCUT2D eigenvalue weighted by molar-refractivity contribution is 5.74. The molecule has 0 fully saturated rings. The Bertz CT molecular complexity index is 222. The van der Waals surface area contributed by atoms with E-state index in [-0.39, 0.29) is 0 Å². The molecule has 0 bridgehead atoms. The fourth-order valence-corrected chi connectivity index (χ4v) is 2.98. The Kier molecular flexibility index (Phi) is 11.9. The molecule has 20 heavy (non-hydrogen) atoms. The first kappa shape index (κ1) is 19.5. The second-order valence-electron chi connectivity index (χ2n) is 6.27. The quantitative estimate of drug-likeness (QED) is 0.386. The SMILES string of the molecule is CCCCCCCC(CC)(CCCCCCC)C(=O)O. The fourth-order valence-electron chi connectivity index (χ4n) is 2.98. The minimum Gasteiger partial charge on any atom is -0.481 e. The molecule has 120 valence electrons. The number of hydrogen-bond acceptors (Lipinski definition) is 1. The summed E-state index contributed by atoms with van der Waals surface area (Å²) in [6.07, 6.45) is 14.6. The van der Waals surface area contributed by atoms with Gasteiger partial charge in [-0.3, -0.25) is 4.79 Å². The highest BCUT2D eigenvalue weighted by atomic mass is 16.4. The van der Waals surface area contributed by atoms with E-state index < -0.39 is 11.4 Å². The molecule has 0 unspecified atom stereocenters. The molecule has 0 aliphatic rings. The van der Waals surface area contributed by atoms with Crippen LogP contribution in [0.25, 0.3) is 0 Å². The highest BCUT2D eigenvalue weighted by Crippen LogP contribution is 2.35. The van der Waals surface area contributed by atoms with Crippen molar-refractivity contribution in [1.29, 1.82) is 0 Å². The molecule has 0 aromatic carbocycles. The van der Waals surface area contributed by atoms with Gasteiger partial charge in [0.15, 0.2) is 0 Å². The van der Waals surface area contributed by atoms with Crippen molar-refractivity contribution >= 4 is 5.97 Å². The van der Waals surface area contributed by atoms with Gasteiger partial charge < -0.3 is 5.11 Å². The first-order valence-electron chi connectivity index (χ1n) is 8.86. The third kappa shape index (κ3) is 7.91. The fraction of sp³-hybridized carbons (Fsp3) is 0.944. The van der Waals surface area contributed by atoms with E-state index >= 15 is 0 Å². The van der Waals surface area contributed by atoms with Crippen molar-refractivity contribution in [3.05, 3.63) is 0 Å². The summed E-state index contributed by atoms with van der Waals surface area (Å²) in [7, 11) is 0. The lowest BCUT2D eigenvalue weighted by Crippen LogP contribution is -2.30. The van der Waals surface area contributed by atoms with Crippen LogP contribution in [0.15, 0.2) is 0 Å². The minimum absolute atomic E-state index is 0.446. The molecule has 0 heterocycles. The molecule has 2 nitrogen and oxygen atoms in total. The highest BCUT2D eigenvalue weighted by Gasteiger charge is 2.35. The van der Waals surface area contributed by atoms with E-state index in [1.807, 2.05) is 6.92 Å². The Labute approximate surface area is 126 Å². The van der Waals surface area contributed by atoms with Crippen LogP contribution in [0.5, 0.6) is 0 Å². The molecule has 0 aromatic rings. The van der Waals surface area contributed by atoms with Gasteiger partial charge in [-0.15, -0.1) is 0 Å². The zero-order valence-corrected chi connectivity index (χ0v) is 14.0. The maximum absolute atomic E-state index is 11.7. The molecule has 0 saturated heterocycles. The van der Waals surface area contributed by atoms with Gasteiger partial charge in [0.05, 0.1) is 5.41 Å². The molecule has 0 aliphatic heterocycles. The van der Waals surface area contributed by atoms with Crippen LogP contribution >= 0.6 is 0 Å². The summed E-state index contributed by atoms with van der Waals surface area (Å²) in [6.45, 7) is 6.47. The maximum Gasteiger partial charge on any atom is 0.309 e. The number of aliphatic carboxylic acids is 1. The molecule has 0 rings (SSSR count). The van der Waals surface area contributed by atoms with Crippen LogP contribution in [0.1, 0.15) is 104 Å². The standard InChI is InChI=1S/C18H36O2/c1-4-7-9-11-13-15-18(6-3,17(19)20)16-14-12-10-8-5-2/h4-16H2,1-3H3,(H,19,20). The lowest BCUT2D eigenvalue weighted by atomic mass is 9.76. The number of carboxylic acids is 1. The van der Waals surface area contributed by atoms with E-state index in [1.165, 1.54) is 51.4 Å². The van der Waals surface area contributed by atoms with Crippen molar-refractivity contribution in [3.63, 3.8) is 0 Å². The number of hydrogen-bond donors (Lipinski definition) is 1. The zero-order valence-electron chi connectivity index (χ0n) is 14.0. The van der Waals surface area contributed by atoms with Crippen molar-refractivity contribution in [2.24, 2.45) is 5.41 Å². The molecule has 0 radical (unpaired) electrons. The third-order valence-corrected chi connectivity index (χ3v) is 4.65. The molecule has 0 spiro atoms. The Morgan fingerprint density at radius 1 is 0.750 bits per heavy atom. The molecule has 0 atom stereocenters. The van der Waals surface area contributed by atoms with Gasteiger partial charge in [-0.05, 0) is 19.3 Å². The van der Waals surface area contributed by atoms with Gasteiger partial charge in [0.25, 0.3) is 0 Å². The van der Waals surface area contributed by atoms with Crippen molar-refractivity contribution < 1.29 is 9.90 Å². The molecule has 0 amide bonds. The number of rotatable bonds is 14. The van der Waals surface area contributed by atoms with Crippen molar-refractivity contribution in [2.75, 3.05) is 0 Å². The van der Waals surface area contributed by atoms with Gasteiger partial charge >= 0.3 is 5.97 Å². The van der Waals surface area contributed by atoms with Crippen LogP contribution in [0.4, 0.5) is 0 Å². The van der Waals surface area contributed by atoms with Gasteiger partial charge in [-0.2, -0.15) is 0 Å². The van der Waals surface area contributed by atoms with E-state index in [1.54, 1.807) is 0 Å². The van der Waals surface area contributed by atoms with Crippen LogP contribution < -0.4 is 0 Å². The lowest BCUT2D eigenvalue weighted by molar-refractivity contribution is -0.150. The number of unbranched alkanes of at least 4 members (excludes halogenated alkanes) is 8. The number of carboxylic acid groups (broad SMARTS) is 1. The second kappa shape index (κ2) is 12.2. The van der Waals surface area contributed by atoms with Gasteiger partial charge in [-0.1, -0.05) is 85.0 Å². The lowest BCUT2D eigenvalue weighted by Gasteiger charge is -2.28. The smallest absolute Gasteiger partial charge is 0.309 e. The van der Waals surface area contributed by atoms with Crippen molar-refractivity contribution in [2.45, 2.75) is 104 Å². The van der Waals surface area contributed by atoms with Crippen molar-refractivity contribution in [1.82, 2.24) is 0 Å². The van der Waals surface area contributed by atoms with Crippen LogP contribution in [0.2, 0.25) is 0 Å². The Morgan fingerprint density at radius 3 is 1.45 bits per heavy atom. The molecule has 1 N–H and O–H groups in total. The topological polar surface area (TPSA) is 37.3 Å². The minimum atomic E-state index is -0.564. The predicted molar refractivity (Wildman–Crippen MR) is 87.1 cm³/mol. The van der Waals surface area contributed by atoms with Crippen molar-refractivity contribution in [3.8, 4) is 0 Å². The monoisotopic (exact) mass is 284 g/mol. The Balaban J connectivity index is 4.11. The summed E-state index contributed by atoms with van der Waals surface area (Å²) in [5.41, 5.74) is -0.446.